The maximum Gasteiger partial charge on any atom is 0.333 e. The average Bonchev–Trinajstić information content (AvgIpc) is 3.40. The number of anilines is 1. The number of alkyl halides is 2. The van der Waals surface area contributed by atoms with Crippen LogP contribution in [0.3, 0.4) is 0 Å². The standard InChI is InChI=1S/C27H29F4N7O2/c1-26(2,39)27(3,40)22-11-20-21(13-32-22)35-24(23(34-20)17-12-33-38(15-17)25(30)31)37-8-6-36(7-9-37)14-16-10-18(28)4-5-19(16)29/h4-5,10-13,15,25,39-40H,6-9,14H2,1-3H3/t27-/m1/s1. The van der Waals surface area contributed by atoms with E-state index in [9.17, 15) is 27.8 Å². The first kappa shape index (κ1) is 27.9. The molecule has 13 heteroatoms. The van der Waals surface area contributed by atoms with E-state index in [-0.39, 0.29) is 17.8 Å². The molecule has 1 aromatic carbocycles. The number of aromatic nitrogens is 5. The van der Waals surface area contributed by atoms with Crippen molar-refractivity contribution in [2.45, 2.75) is 45.1 Å². The van der Waals surface area contributed by atoms with E-state index in [0.717, 1.165) is 12.1 Å². The van der Waals surface area contributed by atoms with E-state index in [1.807, 2.05) is 9.80 Å². The molecule has 0 bridgehead atoms. The molecular formula is C27H29F4N7O2. The number of aliphatic hydroxyl groups is 2. The van der Waals surface area contributed by atoms with Crippen LogP contribution >= 0.6 is 0 Å². The Morgan fingerprint density at radius 3 is 2.33 bits per heavy atom. The molecule has 0 unspecified atom stereocenters. The van der Waals surface area contributed by atoms with Crippen molar-refractivity contribution in [1.82, 2.24) is 29.6 Å². The van der Waals surface area contributed by atoms with Crippen LogP contribution < -0.4 is 4.90 Å². The Labute approximate surface area is 227 Å². The Balaban J connectivity index is 1.49. The molecule has 1 fully saturated rings. The molecule has 0 aliphatic carbocycles. The number of pyridine rings is 1. The van der Waals surface area contributed by atoms with E-state index < -0.39 is 29.4 Å². The highest BCUT2D eigenvalue weighted by Crippen LogP contribution is 2.35. The highest BCUT2D eigenvalue weighted by molar-refractivity contribution is 5.83. The van der Waals surface area contributed by atoms with Gasteiger partial charge < -0.3 is 15.1 Å². The molecule has 212 valence electrons. The number of benzene rings is 1. The molecule has 4 heterocycles. The van der Waals surface area contributed by atoms with Gasteiger partial charge in [0.15, 0.2) is 5.82 Å². The second kappa shape index (κ2) is 10.4. The Hall–Kier alpha value is -3.68. The van der Waals surface area contributed by atoms with Crippen molar-refractivity contribution in [2.75, 3.05) is 31.1 Å². The summed E-state index contributed by atoms with van der Waals surface area (Å²) in [6.07, 6.45) is 3.91. The minimum absolute atomic E-state index is 0.168. The second-order valence-corrected chi connectivity index (χ2v) is 10.6. The van der Waals surface area contributed by atoms with Gasteiger partial charge in [0.05, 0.1) is 29.2 Å². The molecule has 40 heavy (non-hydrogen) atoms. The van der Waals surface area contributed by atoms with E-state index in [1.165, 1.54) is 51.5 Å². The molecule has 1 aliphatic rings. The number of piperazine rings is 1. The summed E-state index contributed by atoms with van der Waals surface area (Å²) in [7, 11) is 0. The first-order chi connectivity index (χ1) is 18.8. The van der Waals surface area contributed by atoms with E-state index in [0.29, 0.717) is 59.0 Å². The highest BCUT2D eigenvalue weighted by Gasteiger charge is 2.40. The number of halogens is 4. The first-order valence-electron chi connectivity index (χ1n) is 12.7. The summed E-state index contributed by atoms with van der Waals surface area (Å²) >= 11 is 0. The number of hydrogen-bond acceptors (Lipinski definition) is 8. The molecule has 4 aromatic rings. The van der Waals surface area contributed by atoms with Crippen LogP contribution in [0.1, 0.15) is 38.6 Å². The molecular weight excluding hydrogens is 530 g/mol. The Morgan fingerprint density at radius 1 is 0.950 bits per heavy atom. The number of hydrogen-bond donors (Lipinski definition) is 2. The smallest absolute Gasteiger partial charge is 0.333 e. The van der Waals surface area contributed by atoms with Crippen LogP contribution in [0.2, 0.25) is 0 Å². The molecule has 0 saturated carbocycles. The lowest BCUT2D eigenvalue weighted by Gasteiger charge is -2.36. The molecule has 9 nitrogen and oxygen atoms in total. The fourth-order valence-electron chi connectivity index (χ4n) is 4.53. The normalized spacial score (nSPS) is 16.6. The van der Waals surface area contributed by atoms with Gasteiger partial charge in [0, 0.05) is 50.0 Å². The summed E-state index contributed by atoms with van der Waals surface area (Å²) in [4.78, 5) is 17.7. The SMILES string of the molecule is CC(C)(O)[C@](C)(O)c1cc2nc(-c3cnn(C(F)F)c3)c(N3CCN(Cc4cc(F)ccc4F)CC3)nc2cn1. The van der Waals surface area contributed by atoms with Gasteiger partial charge in [-0.05, 0) is 45.0 Å². The Kier molecular flexibility index (Phi) is 7.23. The van der Waals surface area contributed by atoms with Gasteiger partial charge in [-0.15, -0.1) is 0 Å². The van der Waals surface area contributed by atoms with Crippen molar-refractivity contribution in [3.63, 3.8) is 0 Å². The van der Waals surface area contributed by atoms with Gasteiger partial charge in [0.1, 0.15) is 28.4 Å². The summed E-state index contributed by atoms with van der Waals surface area (Å²) < 4.78 is 54.9. The second-order valence-electron chi connectivity index (χ2n) is 10.6. The fraction of sp³-hybridized carbons (Fsp3) is 0.407. The molecule has 2 N–H and O–H groups in total. The zero-order valence-corrected chi connectivity index (χ0v) is 22.2. The zero-order valence-electron chi connectivity index (χ0n) is 22.2. The number of nitrogens with zero attached hydrogens (tertiary/aromatic N) is 7. The van der Waals surface area contributed by atoms with Crippen LogP contribution in [0.15, 0.2) is 42.9 Å². The Bertz CT molecular complexity index is 1530. The van der Waals surface area contributed by atoms with E-state index >= 15 is 0 Å². The summed E-state index contributed by atoms with van der Waals surface area (Å²) in [5.74, 6) is -0.545. The summed E-state index contributed by atoms with van der Waals surface area (Å²) in [5.41, 5.74) is -1.41. The van der Waals surface area contributed by atoms with Crippen LogP contribution in [0.5, 0.6) is 0 Å². The third-order valence-corrected chi connectivity index (χ3v) is 7.37. The monoisotopic (exact) mass is 559 g/mol. The van der Waals surface area contributed by atoms with Crippen molar-refractivity contribution in [1.29, 1.82) is 0 Å². The third-order valence-electron chi connectivity index (χ3n) is 7.37. The predicted octanol–water partition coefficient (Wildman–Crippen LogP) is 3.86. The largest absolute Gasteiger partial charge is 0.387 e. The quantitative estimate of drug-likeness (QED) is 0.329. The molecule has 0 amide bonds. The predicted molar refractivity (Wildman–Crippen MR) is 140 cm³/mol. The molecule has 5 rings (SSSR count). The maximum absolute atomic E-state index is 14.2. The number of fused-ring (bicyclic) bond motifs is 1. The van der Waals surface area contributed by atoms with Gasteiger partial charge in [0.2, 0.25) is 0 Å². The van der Waals surface area contributed by atoms with Crippen LogP contribution in [0.4, 0.5) is 23.4 Å². The minimum atomic E-state index is -2.84. The molecule has 1 aliphatic heterocycles. The van der Waals surface area contributed by atoms with Gasteiger partial charge in [0.25, 0.3) is 0 Å². The summed E-state index contributed by atoms with van der Waals surface area (Å²) in [5, 5.41) is 25.1. The average molecular weight is 560 g/mol. The lowest BCUT2D eigenvalue weighted by molar-refractivity contribution is -0.127. The van der Waals surface area contributed by atoms with E-state index in [1.54, 1.807) is 0 Å². The molecule has 3 aromatic heterocycles. The summed E-state index contributed by atoms with van der Waals surface area (Å²) in [6.45, 7) is 3.70. The maximum atomic E-state index is 14.2. The van der Waals surface area contributed by atoms with Crippen LogP contribution in [0.25, 0.3) is 22.3 Å². The summed E-state index contributed by atoms with van der Waals surface area (Å²) in [6, 6.07) is 4.89. The molecule has 0 radical (unpaired) electrons. The van der Waals surface area contributed by atoms with Crippen molar-refractivity contribution in [2.24, 2.45) is 0 Å². The Morgan fingerprint density at radius 2 is 1.68 bits per heavy atom. The zero-order chi connectivity index (χ0) is 28.8. The van der Waals surface area contributed by atoms with Gasteiger partial charge in [-0.2, -0.15) is 13.9 Å². The highest BCUT2D eigenvalue weighted by atomic mass is 19.3. The van der Waals surface area contributed by atoms with E-state index in [4.69, 9.17) is 9.97 Å². The van der Waals surface area contributed by atoms with Crippen LogP contribution in [0, 0.1) is 11.6 Å². The molecule has 1 saturated heterocycles. The minimum Gasteiger partial charge on any atom is -0.387 e. The van der Waals surface area contributed by atoms with E-state index in [2.05, 4.69) is 10.1 Å². The van der Waals surface area contributed by atoms with Crippen molar-refractivity contribution in [3.8, 4) is 11.3 Å². The van der Waals surface area contributed by atoms with Crippen molar-refractivity contribution >= 4 is 16.9 Å². The van der Waals surface area contributed by atoms with Crippen molar-refractivity contribution in [3.05, 3.63) is 65.7 Å². The van der Waals surface area contributed by atoms with Gasteiger partial charge in [-0.1, -0.05) is 0 Å². The topological polar surface area (TPSA) is 103 Å². The van der Waals surface area contributed by atoms with Crippen LogP contribution in [-0.4, -0.2) is 71.6 Å². The third kappa shape index (κ3) is 5.36. The lowest BCUT2D eigenvalue weighted by atomic mass is 9.84. The molecule has 0 spiro atoms. The molecule has 1 atom stereocenters. The van der Waals surface area contributed by atoms with Gasteiger partial charge in [-0.3, -0.25) is 9.88 Å². The van der Waals surface area contributed by atoms with Gasteiger partial charge in [-0.25, -0.2) is 23.4 Å². The van der Waals surface area contributed by atoms with Gasteiger partial charge >= 0.3 is 6.55 Å². The lowest BCUT2D eigenvalue weighted by Crippen LogP contribution is -2.46. The van der Waals surface area contributed by atoms with Crippen molar-refractivity contribution < 1.29 is 27.8 Å². The van der Waals surface area contributed by atoms with Crippen LogP contribution in [-0.2, 0) is 12.1 Å². The first-order valence-corrected chi connectivity index (χ1v) is 12.7. The number of rotatable bonds is 7. The fourth-order valence-corrected chi connectivity index (χ4v) is 4.53.